The summed E-state index contributed by atoms with van der Waals surface area (Å²) < 4.78 is 22.7. The number of phenols is 1. The highest BCUT2D eigenvalue weighted by Gasteiger charge is 2.43. The van der Waals surface area contributed by atoms with E-state index in [1.54, 1.807) is 14.2 Å². The molecule has 5 rings (SSSR count). The van der Waals surface area contributed by atoms with Crippen LogP contribution in [0.3, 0.4) is 0 Å². The van der Waals surface area contributed by atoms with Crippen LogP contribution in [0.4, 0.5) is 0 Å². The molecule has 156 valence electrons. The number of methoxy groups -OCH3 is 2. The van der Waals surface area contributed by atoms with Gasteiger partial charge in [0.05, 0.1) is 20.1 Å². The molecule has 0 amide bonds. The number of hydrogen-bond acceptors (Lipinski definition) is 7. The number of nitrogens with zero attached hydrogens (tertiary/aromatic N) is 1. The molecule has 0 saturated heterocycles. The average Bonchev–Trinajstić information content (AvgIpc) is 3.38. The Labute approximate surface area is 174 Å². The molecule has 0 saturated carbocycles. The maximum atomic E-state index is 11.1. The largest absolute Gasteiger partial charge is 0.507 e. The van der Waals surface area contributed by atoms with Gasteiger partial charge in [-0.1, -0.05) is 11.7 Å². The van der Waals surface area contributed by atoms with E-state index in [2.05, 4.69) is 11.7 Å². The minimum atomic E-state index is -0.280. The van der Waals surface area contributed by atoms with Gasteiger partial charge in [-0.15, -0.1) is 0 Å². The molecule has 2 aromatic rings. The first-order valence-electron chi connectivity index (χ1n) is 9.81. The van der Waals surface area contributed by atoms with Crippen LogP contribution in [0.2, 0.25) is 0 Å². The van der Waals surface area contributed by atoms with Gasteiger partial charge in [0.25, 0.3) is 0 Å². The van der Waals surface area contributed by atoms with E-state index in [0.29, 0.717) is 47.3 Å². The normalized spacial score (nSPS) is 23.2. The van der Waals surface area contributed by atoms with Crippen LogP contribution in [-0.4, -0.2) is 43.9 Å². The zero-order valence-corrected chi connectivity index (χ0v) is 17.1. The molecule has 0 aromatic heterocycles. The fourth-order valence-electron chi connectivity index (χ4n) is 4.31. The predicted molar refractivity (Wildman–Crippen MR) is 110 cm³/mol. The van der Waals surface area contributed by atoms with Crippen molar-refractivity contribution in [1.82, 2.24) is 0 Å². The van der Waals surface area contributed by atoms with Gasteiger partial charge in [0.15, 0.2) is 17.6 Å². The van der Waals surface area contributed by atoms with Gasteiger partial charge in [0, 0.05) is 29.2 Å². The third-order valence-corrected chi connectivity index (χ3v) is 5.93. The number of aromatic hydroxyl groups is 1. The maximum absolute atomic E-state index is 11.1. The van der Waals surface area contributed by atoms with Crippen molar-refractivity contribution in [3.8, 4) is 28.7 Å². The van der Waals surface area contributed by atoms with E-state index < -0.39 is 0 Å². The van der Waals surface area contributed by atoms with Gasteiger partial charge in [0.2, 0.25) is 0 Å². The molecular formula is C23H23NO6. The lowest BCUT2D eigenvalue weighted by molar-refractivity contribution is 0.0285. The molecule has 0 fully saturated rings. The summed E-state index contributed by atoms with van der Waals surface area (Å²) in [6.45, 7) is 6.25. The molecule has 0 bridgehead atoms. The molecule has 1 N–H and O–H groups in total. The number of hydrogen-bond donors (Lipinski definition) is 1. The summed E-state index contributed by atoms with van der Waals surface area (Å²) in [6.07, 6.45) is 0.172. The van der Waals surface area contributed by atoms with Crippen LogP contribution in [-0.2, 0) is 11.3 Å². The molecule has 7 nitrogen and oxygen atoms in total. The van der Waals surface area contributed by atoms with E-state index >= 15 is 0 Å². The second kappa shape index (κ2) is 6.86. The van der Waals surface area contributed by atoms with Gasteiger partial charge in [-0.2, -0.15) is 0 Å². The lowest BCUT2D eigenvalue weighted by atomic mass is 9.83. The molecule has 0 spiro atoms. The van der Waals surface area contributed by atoms with Gasteiger partial charge in [-0.3, -0.25) is 0 Å². The van der Waals surface area contributed by atoms with E-state index in [4.69, 9.17) is 23.8 Å². The van der Waals surface area contributed by atoms with Crippen LogP contribution in [0.5, 0.6) is 28.7 Å². The smallest absolute Gasteiger partial charge is 0.173 e. The lowest BCUT2D eigenvalue weighted by Gasteiger charge is -2.28. The summed E-state index contributed by atoms with van der Waals surface area (Å²) >= 11 is 0. The van der Waals surface area contributed by atoms with E-state index in [1.165, 1.54) is 0 Å². The third-order valence-electron chi connectivity index (χ3n) is 5.93. The van der Waals surface area contributed by atoms with E-state index in [-0.39, 0.29) is 23.9 Å². The fraction of sp³-hybridized carbons (Fsp3) is 0.348. The van der Waals surface area contributed by atoms with Gasteiger partial charge in [-0.25, -0.2) is 0 Å². The molecule has 7 heteroatoms. The Morgan fingerprint density at radius 2 is 1.93 bits per heavy atom. The molecule has 3 atom stereocenters. The summed E-state index contributed by atoms with van der Waals surface area (Å²) in [5.41, 5.74) is 3.88. The second-order valence-electron chi connectivity index (χ2n) is 7.75. The topological polar surface area (TPSA) is 78.7 Å². The second-order valence-corrected chi connectivity index (χ2v) is 7.75. The standard InChI is InChI=1S/C23H23NO6/c1-11(2)16-8-14-15(29-16)6-5-12(23(14)25)22-21-13-7-18(26-3)19(27-4)9-17(13)28-10-20(21)30-24-22/h5-7,9,16,20-21,25H,1,8,10H2,2-4H3/t16-,20-,21?/m1/s1. The first kappa shape index (κ1) is 18.7. The predicted octanol–water partition coefficient (Wildman–Crippen LogP) is 3.57. The molecule has 3 heterocycles. The number of benzene rings is 2. The minimum Gasteiger partial charge on any atom is -0.507 e. The van der Waals surface area contributed by atoms with Crippen LogP contribution in [0, 0.1) is 0 Å². The minimum absolute atomic E-state index is 0.129. The lowest BCUT2D eigenvalue weighted by Crippen LogP contribution is -2.32. The van der Waals surface area contributed by atoms with Crippen LogP contribution in [0.1, 0.15) is 29.5 Å². The Morgan fingerprint density at radius 3 is 2.67 bits per heavy atom. The monoisotopic (exact) mass is 409 g/mol. The van der Waals surface area contributed by atoms with Crippen molar-refractivity contribution in [2.75, 3.05) is 20.8 Å². The van der Waals surface area contributed by atoms with Crippen molar-refractivity contribution in [3.63, 3.8) is 0 Å². The Kier molecular flexibility index (Phi) is 4.27. The number of rotatable bonds is 4. The molecule has 30 heavy (non-hydrogen) atoms. The quantitative estimate of drug-likeness (QED) is 0.778. The molecule has 0 aliphatic carbocycles. The summed E-state index contributed by atoms with van der Waals surface area (Å²) in [7, 11) is 3.18. The van der Waals surface area contributed by atoms with Gasteiger partial charge < -0.3 is 28.9 Å². The van der Waals surface area contributed by atoms with Crippen molar-refractivity contribution >= 4 is 5.71 Å². The van der Waals surface area contributed by atoms with Crippen molar-refractivity contribution in [1.29, 1.82) is 0 Å². The fourth-order valence-corrected chi connectivity index (χ4v) is 4.31. The Balaban J connectivity index is 1.57. The zero-order chi connectivity index (χ0) is 21.0. The van der Waals surface area contributed by atoms with Gasteiger partial charge in [-0.05, 0) is 30.7 Å². The summed E-state index contributed by atoms with van der Waals surface area (Å²) in [5.74, 6) is 2.54. The molecular weight excluding hydrogens is 386 g/mol. The Morgan fingerprint density at radius 1 is 1.17 bits per heavy atom. The van der Waals surface area contributed by atoms with Gasteiger partial charge >= 0.3 is 0 Å². The molecule has 3 aliphatic heterocycles. The Hall–Kier alpha value is -3.35. The molecule has 1 unspecified atom stereocenters. The van der Waals surface area contributed by atoms with Crippen LogP contribution in [0.25, 0.3) is 0 Å². The van der Waals surface area contributed by atoms with Crippen molar-refractivity contribution in [3.05, 3.63) is 53.1 Å². The third kappa shape index (κ3) is 2.69. The first-order valence-corrected chi connectivity index (χ1v) is 9.81. The van der Waals surface area contributed by atoms with Crippen molar-refractivity contribution in [2.24, 2.45) is 5.16 Å². The number of ether oxygens (including phenoxy) is 4. The summed E-state index contributed by atoms with van der Waals surface area (Å²) in [6, 6.07) is 7.40. The number of oxime groups is 1. The summed E-state index contributed by atoms with van der Waals surface area (Å²) in [4.78, 5) is 5.68. The van der Waals surface area contributed by atoms with E-state index in [9.17, 15) is 5.11 Å². The average molecular weight is 409 g/mol. The van der Waals surface area contributed by atoms with Crippen LogP contribution < -0.4 is 18.9 Å². The molecule has 0 radical (unpaired) electrons. The number of fused-ring (bicyclic) bond motifs is 4. The zero-order valence-electron chi connectivity index (χ0n) is 17.1. The summed E-state index contributed by atoms with van der Waals surface area (Å²) in [5, 5.41) is 15.4. The highest BCUT2D eigenvalue weighted by molar-refractivity contribution is 6.09. The van der Waals surface area contributed by atoms with Crippen LogP contribution in [0.15, 0.2) is 41.6 Å². The van der Waals surface area contributed by atoms with Crippen molar-refractivity contribution in [2.45, 2.75) is 31.5 Å². The van der Waals surface area contributed by atoms with Crippen molar-refractivity contribution < 1.29 is 28.9 Å². The number of phenolic OH excluding ortho intramolecular Hbond substituents is 1. The highest BCUT2D eigenvalue weighted by Crippen LogP contribution is 2.48. The SMILES string of the molecule is C=C(C)[C@H]1Cc2c(ccc(C3=NO[C@@H]4COc5cc(OC)c(OC)cc5C34)c2O)O1. The highest BCUT2D eigenvalue weighted by atomic mass is 16.7. The van der Waals surface area contributed by atoms with Crippen LogP contribution >= 0.6 is 0 Å². The van der Waals surface area contributed by atoms with E-state index in [1.807, 2.05) is 31.2 Å². The maximum Gasteiger partial charge on any atom is 0.173 e. The Bertz CT molecular complexity index is 1080. The van der Waals surface area contributed by atoms with E-state index in [0.717, 1.165) is 16.7 Å². The molecule has 3 aliphatic rings. The first-order chi connectivity index (χ1) is 14.5. The molecule has 2 aromatic carbocycles. The van der Waals surface area contributed by atoms with Gasteiger partial charge in [0.1, 0.15) is 35.7 Å².